The summed E-state index contributed by atoms with van der Waals surface area (Å²) in [6.07, 6.45) is 7.71. The maximum absolute atomic E-state index is 6.07. The fraction of sp³-hybridized carbons (Fsp3) is 0.667. The molecule has 2 nitrogen and oxygen atoms in total. The van der Waals surface area contributed by atoms with Gasteiger partial charge in [-0.15, -0.1) is 0 Å². The molecule has 1 aromatic rings. The smallest absolute Gasteiger partial charge is 0.124 e. The zero-order valence-corrected chi connectivity index (χ0v) is 13.0. The molecule has 0 spiro atoms. The number of hydrogen-bond donors (Lipinski definition) is 1. The van der Waals surface area contributed by atoms with Crippen LogP contribution in [0.5, 0.6) is 5.75 Å². The third-order valence-electron chi connectivity index (χ3n) is 4.35. The Morgan fingerprint density at radius 2 is 2.05 bits per heavy atom. The summed E-state index contributed by atoms with van der Waals surface area (Å²) in [4.78, 5) is 0. The number of benzene rings is 1. The van der Waals surface area contributed by atoms with Gasteiger partial charge >= 0.3 is 0 Å². The van der Waals surface area contributed by atoms with E-state index in [0.717, 1.165) is 31.2 Å². The van der Waals surface area contributed by atoms with Crippen molar-refractivity contribution in [2.45, 2.75) is 58.4 Å². The van der Waals surface area contributed by atoms with E-state index < -0.39 is 0 Å². The van der Waals surface area contributed by atoms with Crippen LogP contribution < -0.4 is 10.1 Å². The largest absolute Gasteiger partial charge is 0.493 e. The van der Waals surface area contributed by atoms with Crippen LogP contribution in [0.3, 0.4) is 0 Å². The molecule has 112 valence electrons. The molecule has 0 aliphatic heterocycles. The molecule has 2 rings (SSSR count). The number of para-hydroxylation sites is 1. The highest BCUT2D eigenvalue weighted by Gasteiger charge is 2.18. The van der Waals surface area contributed by atoms with E-state index in [1.54, 1.807) is 0 Å². The first kappa shape index (κ1) is 15.4. The van der Waals surface area contributed by atoms with Crippen LogP contribution in [0.1, 0.15) is 64.0 Å². The molecule has 1 saturated carbocycles. The molecule has 1 N–H and O–H groups in total. The molecule has 0 bridgehead atoms. The summed E-state index contributed by atoms with van der Waals surface area (Å²) in [5, 5.41) is 3.62. The summed E-state index contributed by atoms with van der Waals surface area (Å²) < 4.78 is 6.07. The Hall–Kier alpha value is -1.02. The van der Waals surface area contributed by atoms with Gasteiger partial charge < -0.3 is 10.1 Å². The second kappa shape index (κ2) is 8.31. The molecule has 1 aliphatic carbocycles. The van der Waals surface area contributed by atoms with Gasteiger partial charge in [0.2, 0.25) is 0 Å². The molecule has 0 amide bonds. The van der Waals surface area contributed by atoms with Crippen LogP contribution in [0.25, 0.3) is 0 Å². The normalized spacial score (nSPS) is 16.7. The van der Waals surface area contributed by atoms with Crippen LogP contribution in [0, 0.1) is 5.92 Å². The van der Waals surface area contributed by atoms with Gasteiger partial charge in [-0.05, 0) is 37.8 Å². The molecular formula is C18H29NO. The first-order chi connectivity index (χ1) is 9.85. The van der Waals surface area contributed by atoms with Gasteiger partial charge in [-0.1, -0.05) is 51.3 Å². The predicted octanol–water partition coefficient (Wildman–Crippen LogP) is 4.71. The van der Waals surface area contributed by atoms with Gasteiger partial charge in [-0.3, -0.25) is 0 Å². The van der Waals surface area contributed by atoms with Gasteiger partial charge in [0, 0.05) is 11.6 Å². The van der Waals surface area contributed by atoms with Gasteiger partial charge in [-0.2, -0.15) is 0 Å². The molecule has 1 atom stereocenters. The van der Waals surface area contributed by atoms with Crippen LogP contribution >= 0.6 is 0 Å². The van der Waals surface area contributed by atoms with Crippen molar-refractivity contribution in [1.29, 1.82) is 0 Å². The Morgan fingerprint density at radius 3 is 2.70 bits per heavy atom. The molecule has 1 aromatic carbocycles. The van der Waals surface area contributed by atoms with Crippen molar-refractivity contribution >= 4 is 0 Å². The first-order valence-electron chi connectivity index (χ1n) is 8.30. The molecule has 1 aliphatic rings. The van der Waals surface area contributed by atoms with Crippen molar-refractivity contribution in [3.8, 4) is 5.75 Å². The number of rotatable bonds is 9. The Balaban J connectivity index is 1.92. The molecule has 0 saturated heterocycles. The van der Waals surface area contributed by atoms with Crippen LogP contribution in [-0.4, -0.2) is 13.2 Å². The Labute approximate surface area is 123 Å². The van der Waals surface area contributed by atoms with Crippen molar-refractivity contribution in [1.82, 2.24) is 5.32 Å². The van der Waals surface area contributed by atoms with E-state index in [1.165, 1.54) is 37.7 Å². The fourth-order valence-electron chi connectivity index (χ4n) is 2.81. The topological polar surface area (TPSA) is 21.3 Å². The Kier molecular flexibility index (Phi) is 6.38. The van der Waals surface area contributed by atoms with Crippen molar-refractivity contribution in [2.75, 3.05) is 13.2 Å². The van der Waals surface area contributed by atoms with Crippen molar-refractivity contribution in [2.24, 2.45) is 5.92 Å². The van der Waals surface area contributed by atoms with E-state index in [-0.39, 0.29) is 0 Å². The minimum atomic E-state index is 0.412. The average Bonchev–Trinajstić information content (AvgIpc) is 2.43. The highest BCUT2D eigenvalue weighted by Crippen LogP contribution is 2.31. The number of nitrogens with one attached hydrogen (secondary N) is 1. The highest BCUT2D eigenvalue weighted by atomic mass is 16.5. The van der Waals surface area contributed by atoms with E-state index >= 15 is 0 Å². The van der Waals surface area contributed by atoms with Crippen molar-refractivity contribution < 1.29 is 4.74 Å². The summed E-state index contributed by atoms with van der Waals surface area (Å²) in [7, 11) is 0. The summed E-state index contributed by atoms with van der Waals surface area (Å²) in [6, 6.07) is 8.93. The molecule has 0 aromatic heterocycles. The van der Waals surface area contributed by atoms with Gasteiger partial charge in [0.15, 0.2) is 0 Å². The third-order valence-corrected chi connectivity index (χ3v) is 4.35. The summed E-state index contributed by atoms with van der Waals surface area (Å²) in [5.41, 5.74) is 1.32. The second-order valence-electron chi connectivity index (χ2n) is 5.89. The van der Waals surface area contributed by atoms with E-state index in [0.29, 0.717) is 6.04 Å². The van der Waals surface area contributed by atoms with Gasteiger partial charge in [0.1, 0.15) is 5.75 Å². The zero-order chi connectivity index (χ0) is 14.2. The van der Waals surface area contributed by atoms with E-state index in [1.807, 2.05) is 0 Å². The molecular weight excluding hydrogens is 246 g/mol. The van der Waals surface area contributed by atoms with Crippen molar-refractivity contribution in [3.63, 3.8) is 0 Å². The monoisotopic (exact) mass is 275 g/mol. The third kappa shape index (κ3) is 4.24. The lowest BCUT2D eigenvalue weighted by molar-refractivity contribution is 0.219. The van der Waals surface area contributed by atoms with Crippen LogP contribution in [-0.2, 0) is 0 Å². The van der Waals surface area contributed by atoms with Gasteiger partial charge in [-0.25, -0.2) is 0 Å². The van der Waals surface area contributed by atoms with Crippen molar-refractivity contribution in [3.05, 3.63) is 29.8 Å². The standard InChI is InChI=1S/C18H29NO/c1-3-13-19-17(4-2)16-10-5-6-11-18(16)20-14-12-15-8-7-9-15/h5-6,10-11,15,17,19H,3-4,7-9,12-14H2,1-2H3. The van der Waals surface area contributed by atoms with Crippen LogP contribution in [0.2, 0.25) is 0 Å². The van der Waals surface area contributed by atoms with Gasteiger partial charge in [0.05, 0.1) is 6.61 Å². The average molecular weight is 275 g/mol. The molecule has 20 heavy (non-hydrogen) atoms. The maximum atomic E-state index is 6.07. The molecule has 1 fully saturated rings. The minimum absolute atomic E-state index is 0.412. The predicted molar refractivity (Wildman–Crippen MR) is 85.2 cm³/mol. The van der Waals surface area contributed by atoms with E-state index in [4.69, 9.17) is 4.74 Å². The number of ether oxygens (including phenoxy) is 1. The first-order valence-corrected chi connectivity index (χ1v) is 8.30. The summed E-state index contributed by atoms with van der Waals surface area (Å²) in [6.45, 7) is 6.38. The van der Waals surface area contributed by atoms with Gasteiger partial charge in [0.25, 0.3) is 0 Å². The second-order valence-corrected chi connectivity index (χ2v) is 5.89. The van der Waals surface area contributed by atoms with Crippen LogP contribution in [0.15, 0.2) is 24.3 Å². The maximum Gasteiger partial charge on any atom is 0.124 e. The molecule has 0 heterocycles. The zero-order valence-electron chi connectivity index (χ0n) is 13.0. The fourth-order valence-corrected chi connectivity index (χ4v) is 2.81. The van der Waals surface area contributed by atoms with E-state index in [9.17, 15) is 0 Å². The Morgan fingerprint density at radius 1 is 1.25 bits per heavy atom. The summed E-state index contributed by atoms with van der Waals surface area (Å²) >= 11 is 0. The Bertz CT molecular complexity index is 387. The molecule has 0 radical (unpaired) electrons. The SMILES string of the molecule is CCCNC(CC)c1ccccc1OCCC1CCC1. The lowest BCUT2D eigenvalue weighted by Gasteiger charge is -2.26. The quantitative estimate of drug-likeness (QED) is 0.705. The van der Waals surface area contributed by atoms with Crippen LogP contribution in [0.4, 0.5) is 0 Å². The lowest BCUT2D eigenvalue weighted by Crippen LogP contribution is -2.22. The minimum Gasteiger partial charge on any atom is -0.493 e. The molecule has 2 heteroatoms. The number of hydrogen-bond acceptors (Lipinski definition) is 2. The summed E-state index contributed by atoms with van der Waals surface area (Å²) in [5.74, 6) is 1.99. The van der Waals surface area contributed by atoms with E-state index in [2.05, 4.69) is 43.4 Å². The lowest BCUT2D eigenvalue weighted by atomic mass is 9.83. The molecule has 1 unspecified atom stereocenters. The highest BCUT2D eigenvalue weighted by molar-refractivity contribution is 5.35.